The molecule has 0 aromatic heterocycles. The normalized spacial score (nSPS) is 12.0. The Morgan fingerprint density at radius 3 is 0.692 bits per heavy atom. The van der Waals surface area contributed by atoms with E-state index in [9.17, 15) is 14.4 Å². The highest BCUT2D eigenvalue weighted by Gasteiger charge is 2.19. The minimum absolute atomic E-state index is 0.0660. The van der Waals surface area contributed by atoms with Gasteiger partial charge in [0.15, 0.2) is 6.10 Å². The van der Waals surface area contributed by atoms with Crippen LogP contribution in [0.1, 0.15) is 412 Å². The van der Waals surface area contributed by atoms with Crippen molar-refractivity contribution in [3.05, 3.63) is 12.2 Å². The summed E-state index contributed by atoms with van der Waals surface area (Å²) in [5, 5.41) is 0. The summed E-state index contributed by atoms with van der Waals surface area (Å²) < 4.78 is 17.0. The molecule has 0 spiro atoms. The van der Waals surface area contributed by atoms with Crippen LogP contribution in [-0.2, 0) is 28.6 Å². The van der Waals surface area contributed by atoms with Gasteiger partial charge in [-0.15, -0.1) is 0 Å². The van der Waals surface area contributed by atoms with Crippen LogP contribution in [0.25, 0.3) is 0 Å². The number of hydrogen-bond donors (Lipinski definition) is 0. The lowest BCUT2D eigenvalue weighted by molar-refractivity contribution is -0.167. The fourth-order valence-corrected chi connectivity index (χ4v) is 11.2. The van der Waals surface area contributed by atoms with Crippen molar-refractivity contribution >= 4 is 17.9 Å². The summed E-state index contributed by atoms with van der Waals surface area (Å²) >= 11 is 0. The Morgan fingerprint density at radius 2 is 0.449 bits per heavy atom. The van der Waals surface area contributed by atoms with Gasteiger partial charge in [-0.2, -0.15) is 0 Å². The molecule has 0 aromatic rings. The molecule has 0 N–H and O–H groups in total. The first-order chi connectivity index (χ1) is 38.5. The molecule has 0 bridgehead atoms. The summed E-state index contributed by atoms with van der Waals surface area (Å²) in [6.07, 6.45) is 81.2. The molecule has 0 saturated carbocycles. The van der Waals surface area contributed by atoms with Gasteiger partial charge in [0.1, 0.15) is 13.2 Å². The number of rotatable bonds is 67. The summed E-state index contributed by atoms with van der Waals surface area (Å²) in [4.78, 5) is 38.3. The van der Waals surface area contributed by atoms with Crippen LogP contribution in [-0.4, -0.2) is 37.2 Å². The largest absolute Gasteiger partial charge is 0.462 e. The van der Waals surface area contributed by atoms with Gasteiger partial charge in [-0.3, -0.25) is 14.4 Å². The molecule has 6 heteroatoms. The van der Waals surface area contributed by atoms with E-state index in [1.165, 1.54) is 302 Å². The predicted molar refractivity (Wildman–Crippen MR) is 340 cm³/mol. The Balaban J connectivity index is 4.10. The van der Waals surface area contributed by atoms with E-state index in [0.29, 0.717) is 19.3 Å². The molecule has 78 heavy (non-hydrogen) atoms. The molecule has 0 radical (unpaired) electrons. The van der Waals surface area contributed by atoms with Crippen molar-refractivity contribution in [3.63, 3.8) is 0 Å². The van der Waals surface area contributed by atoms with Crippen molar-refractivity contribution in [2.24, 2.45) is 0 Å². The van der Waals surface area contributed by atoms with Gasteiger partial charge in [0.2, 0.25) is 0 Å². The van der Waals surface area contributed by atoms with Crippen molar-refractivity contribution < 1.29 is 28.6 Å². The molecule has 1 unspecified atom stereocenters. The molecule has 0 amide bonds. The van der Waals surface area contributed by atoms with E-state index < -0.39 is 6.10 Å². The van der Waals surface area contributed by atoms with E-state index >= 15 is 0 Å². The predicted octanol–water partition coefficient (Wildman–Crippen LogP) is 24.4. The number of unbranched alkanes of at least 4 members (excludes halogenated alkanes) is 54. The second-order valence-corrected chi connectivity index (χ2v) is 24.5. The average molecular weight is 1100 g/mol. The Morgan fingerprint density at radius 1 is 0.244 bits per heavy atom. The number of carbonyl (C=O) groups is 3. The van der Waals surface area contributed by atoms with Crippen LogP contribution in [0.3, 0.4) is 0 Å². The molecule has 0 fully saturated rings. The van der Waals surface area contributed by atoms with Crippen LogP contribution in [0.4, 0.5) is 0 Å². The van der Waals surface area contributed by atoms with Crippen molar-refractivity contribution in [1.29, 1.82) is 0 Å². The first-order valence-corrected chi connectivity index (χ1v) is 35.7. The van der Waals surface area contributed by atoms with Gasteiger partial charge in [-0.05, 0) is 38.5 Å². The summed E-state index contributed by atoms with van der Waals surface area (Å²) in [5.74, 6) is -0.844. The van der Waals surface area contributed by atoms with Crippen LogP contribution in [0.15, 0.2) is 12.2 Å². The Kier molecular flexibility index (Phi) is 66.0. The first kappa shape index (κ1) is 76.1. The third kappa shape index (κ3) is 65.0. The Labute approximate surface area is 488 Å². The van der Waals surface area contributed by atoms with Crippen LogP contribution in [0.5, 0.6) is 0 Å². The number of esters is 3. The molecular formula is C72H138O6. The maximum Gasteiger partial charge on any atom is 0.306 e. The van der Waals surface area contributed by atoms with Gasteiger partial charge < -0.3 is 14.2 Å². The van der Waals surface area contributed by atoms with E-state index in [0.717, 1.165) is 70.6 Å². The smallest absolute Gasteiger partial charge is 0.306 e. The van der Waals surface area contributed by atoms with Gasteiger partial charge >= 0.3 is 17.9 Å². The second kappa shape index (κ2) is 67.7. The van der Waals surface area contributed by atoms with E-state index in [-0.39, 0.29) is 31.1 Å². The molecular weight excluding hydrogens is 961 g/mol. The van der Waals surface area contributed by atoms with Gasteiger partial charge in [0.25, 0.3) is 0 Å². The zero-order valence-corrected chi connectivity index (χ0v) is 53.2. The highest BCUT2D eigenvalue weighted by atomic mass is 16.6. The van der Waals surface area contributed by atoms with Crippen molar-refractivity contribution in [2.75, 3.05) is 13.2 Å². The van der Waals surface area contributed by atoms with Crippen molar-refractivity contribution in [3.8, 4) is 0 Å². The highest BCUT2D eigenvalue weighted by molar-refractivity contribution is 5.71. The lowest BCUT2D eigenvalue weighted by atomic mass is 10.0. The lowest BCUT2D eigenvalue weighted by Gasteiger charge is -2.18. The standard InChI is InChI=1S/C72H138O6/c1-4-7-10-13-16-19-22-24-26-28-30-32-34-36-37-39-40-42-44-46-48-50-53-56-59-62-65-71(74)77-68-69(67-76-70(73)64-61-58-55-52-21-18-15-12-9-6-3)78-72(75)66-63-60-57-54-51-49-47-45-43-41-38-35-33-31-29-27-25-23-20-17-14-11-8-5-2/h12,15,69H,4-11,13-14,16-68H2,1-3H3/b15-12-. The van der Waals surface area contributed by atoms with Crippen LogP contribution < -0.4 is 0 Å². The van der Waals surface area contributed by atoms with Crippen molar-refractivity contribution in [2.45, 2.75) is 419 Å². The number of carbonyl (C=O) groups excluding carboxylic acids is 3. The van der Waals surface area contributed by atoms with Gasteiger partial charge in [0, 0.05) is 19.3 Å². The van der Waals surface area contributed by atoms with Crippen LogP contribution in [0, 0.1) is 0 Å². The number of allylic oxidation sites excluding steroid dienone is 2. The Hall–Kier alpha value is -1.85. The molecule has 6 nitrogen and oxygen atoms in total. The number of hydrogen-bond acceptors (Lipinski definition) is 6. The molecule has 0 heterocycles. The second-order valence-electron chi connectivity index (χ2n) is 24.5. The molecule has 462 valence electrons. The minimum Gasteiger partial charge on any atom is -0.462 e. The van der Waals surface area contributed by atoms with E-state index in [1.807, 2.05) is 0 Å². The topological polar surface area (TPSA) is 78.9 Å². The maximum atomic E-state index is 12.9. The van der Waals surface area contributed by atoms with Crippen LogP contribution in [0.2, 0.25) is 0 Å². The maximum absolute atomic E-state index is 12.9. The molecule has 0 aliphatic carbocycles. The molecule has 1 atom stereocenters. The fraction of sp³-hybridized carbons (Fsp3) is 0.931. The Bertz CT molecular complexity index is 1210. The van der Waals surface area contributed by atoms with Gasteiger partial charge in [-0.25, -0.2) is 0 Å². The average Bonchev–Trinajstić information content (AvgIpc) is 3.44. The number of ether oxygens (including phenoxy) is 3. The monoisotopic (exact) mass is 1100 g/mol. The van der Waals surface area contributed by atoms with Crippen molar-refractivity contribution in [1.82, 2.24) is 0 Å². The molecule has 0 aliphatic rings. The van der Waals surface area contributed by atoms with Gasteiger partial charge in [-0.1, -0.05) is 367 Å². The lowest BCUT2D eigenvalue weighted by Crippen LogP contribution is -2.30. The molecule has 0 saturated heterocycles. The summed E-state index contributed by atoms with van der Waals surface area (Å²) in [5.41, 5.74) is 0. The third-order valence-corrected chi connectivity index (χ3v) is 16.5. The SMILES string of the molecule is CCC/C=C\CCCCCCCC(=O)OCC(COC(=O)CCCCCCCCCCCCCCCCCCCCCCCCCCCC)OC(=O)CCCCCCCCCCCCCCCCCCCCCCCCCC. The highest BCUT2D eigenvalue weighted by Crippen LogP contribution is 2.19. The zero-order chi connectivity index (χ0) is 56.4. The first-order valence-electron chi connectivity index (χ1n) is 35.7. The molecule has 0 aromatic carbocycles. The summed E-state index contributed by atoms with van der Waals surface area (Å²) in [7, 11) is 0. The minimum atomic E-state index is -0.769. The molecule has 0 aliphatic heterocycles. The zero-order valence-electron chi connectivity index (χ0n) is 53.2. The van der Waals surface area contributed by atoms with E-state index in [4.69, 9.17) is 14.2 Å². The van der Waals surface area contributed by atoms with Gasteiger partial charge in [0.05, 0.1) is 0 Å². The third-order valence-electron chi connectivity index (χ3n) is 16.5. The van der Waals surface area contributed by atoms with E-state index in [2.05, 4.69) is 32.9 Å². The summed E-state index contributed by atoms with van der Waals surface area (Å²) in [6, 6.07) is 0. The van der Waals surface area contributed by atoms with Crippen LogP contribution >= 0.6 is 0 Å². The quantitative estimate of drug-likeness (QED) is 0.0261. The van der Waals surface area contributed by atoms with E-state index in [1.54, 1.807) is 0 Å². The summed E-state index contributed by atoms with van der Waals surface area (Å²) in [6.45, 7) is 6.66. The molecule has 0 rings (SSSR count). The fourth-order valence-electron chi connectivity index (χ4n) is 11.2.